The minimum atomic E-state index is -0.201. The zero-order valence-electron chi connectivity index (χ0n) is 15.7. The number of amides is 1. The second-order valence-electron chi connectivity index (χ2n) is 7.24. The van der Waals surface area contributed by atoms with Gasteiger partial charge in [-0.3, -0.25) is 4.79 Å². The maximum atomic E-state index is 11.7. The fourth-order valence-corrected chi connectivity index (χ4v) is 4.06. The summed E-state index contributed by atoms with van der Waals surface area (Å²) in [5.74, 6) is -0.201. The van der Waals surface area contributed by atoms with Gasteiger partial charge in [-0.1, -0.05) is 55.3 Å². The van der Waals surface area contributed by atoms with Gasteiger partial charge in [-0.2, -0.15) is 0 Å². The first-order valence-corrected chi connectivity index (χ1v) is 10.0. The number of rotatable bonds is 5. The molecule has 0 saturated heterocycles. The highest BCUT2D eigenvalue weighted by atomic mass is 35.5. The van der Waals surface area contributed by atoms with E-state index in [0.29, 0.717) is 6.04 Å². The molecular weight excluding hydrogens is 368 g/mol. The van der Waals surface area contributed by atoms with Crippen molar-refractivity contribution >= 4 is 46.3 Å². The van der Waals surface area contributed by atoms with Crippen LogP contribution in [0, 0.1) is 0 Å². The topological polar surface area (TPSA) is 34.0 Å². The van der Waals surface area contributed by atoms with Crippen LogP contribution in [0.1, 0.15) is 42.9 Å². The normalized spacial score (nSPS) is 14.8. The van der Waals surface area contributed by atoms with E-state index in [1.54, 1.807) is 0 Å². The molecule has 3 aromatic rings. The number of benzene rings is 2. The lowest BCUT2D eigenvalue weighted by molar-refractivity contribution is -0.111. The Hall–Kier alpha value is -2.78. The lowest BCUT2D eigenvalue weighted by atomic mass is 10.1. The van der Waals surface area contributed by atoms with Crippen molar-refractivity contribution in [3.8, 4) is 0 Å². The Bertz CT molecular complexity index is 1040. The average Bonchev–Trinajstić information content (AvgIpc) is 3.35. The van der Waals surface area contributed by atoms with Crippen LogP contribution in [0.15, 0.2) is 61.3 Å². The highest BCUT2D eigenvalue weighted by molar-refractivity contribution is 6.30. The van der Waals surface area contributed by atoms with Gasteiger partial charge in [-0.25, -0.2) is 0 Å². The summed E-state index contributed by atoms with van der Waals surface area (Å²) in [7, 11) is 0. The van der Waals surface area contributed by atoms with Crippen molar-refractivity contribution in [2.45, 2.75) is 31.7 Å². The molecule has 0 aliphatic heterocycles. The van der Waals surface area contributed by atoms with Crippen LogP contribution in [0.25, 0.3) is 23.1 Å². The number of anilines is 1. The summed E-state index contributed by atoms with van der Waals surface area (Å²) in [4.78, 5) is 11.7. The second-order valence-corrected chi connectivity index (χ2v) is 7.68. The third kappa shape index (κ3) is 3.90. The lowest BCUT2D eigenvalue weighted by Crippen LogP contribution is -2.07. The number of halogens is 1. The molecule has 1 aliphatic rings. The SMILES string of the molecule is C=CC(=O)Nc1ccc2c(c1)c(C=Cc1ccc(Cl)cc1)cn2C1CCCC1. The number of fused-ring (bicyclic) bond motifs is 1. The van der Waals surface area contributed by atoms with Crippen molar-refractivity contribution in [1.29, 1.82) is 0 Å². The molecule has 0 radical (unpaired) electrons. The van der Waals surface area contributed by atoms with Gasteiger partial charge in [0.05, 0.1) is 0 Å². The monoisotopic (exact) mass is 390 g/mol. The molecule has 0 unspecified atom stereocenters. The van der Waals surface area contributed by atoms with Crippen molar-refractivity contribution in [3.63, 3.8) is 0 Å². The third-order valence-electron chi connectivity index (χ3n) is 5.36. The molecule has 1 N–H and O–H groups in total. The fourth-order valence-electron chi connectivity index (χ4n) is 3.93. The number of aromatic nitrogens is 1. The number of nitrogens with zero attached hydrogens (tertiary/aromatic N) is 1. The van der Waals surface area contributed by atoms with E-state index in [0.717, 1.165) is 27.2 Å². The van der Waals surface area contributed by atoms with E-state index < -0.39 is 0 Å². The maximum Gasteiger partial charge on any atom is 0.247 e. The van der Waals surface area contributed by atoms with Crippen LogP contribution >= 0.6 is 11.6 Å². The molecule has 0 atom stereocenters. The largest absolute Gasteiger partial charge is 0.344 e. The second kappa shape index (κ2) is 8.07. The summed E-state index contributed by atoms with van der Waals surface area (Å²) in [6.45, 7) is 3.53. The van der Waals surface area contributed by atoms with E-state index in [1.165, 1.54) is 37.3 Å². The molecule has 0 spiro atoms. The number of hydrogen-bond donors (Lipinski definition) is 1. The van der Waals surface area contributed by atoms with Crippen LogP contribution in [-0.4, -0.2) is 10.5 Å². The first-order valence-electron chi connectivity index (χ1n) is 9.66. The van der Waals surface area contributed by atoms with Gasteiger partial charge in [0, 0.05) is 39.4 Å². The molecule has 28 heavy (non-hydrogen) atoms. The Kier molecular flexibility index (Phi) is 5.36. The Morgan fingerprint density at radius 3 is 2.57 bits per heavy atom. The minimum Gasteiger partial charge on any atom is -0.344 e. The smallest absolute Gasteiger partial charge is 0.247 e. The van der Waals surface area contributed by atoms with Gasteiger partial charge in [-0.05, 0) is 54.8 Å². The molecule has 3 nitrogen and oxygen atoms in total. The first kappa shape index (κ1) is 18.6. The van der Waals surface area contributed by atoms with Gasteiger partial charge in [-0.15, -0.1) is 0 Å². The molecule has 1 aromatic heterocycles. The van der Waals surface area contributed by atoms with E-state index in [9.17, 15) is 4.79 Å². The van der Waals surface area contributed by atoms with Crippen molar-refractivity contribution in [2.24, 2.45) is 0 Å². The molecule has 1 amide bonds. The fraction of sp³-hybridized carbons (Fsp3) is 0.208. The van der Waals surface area contributed by atoms with Crippen LogP contribution in [0.2, 0.25) is 5.02 Å². The molecule has 1 saturated carbocycles. The molecule has 1 heterocycles. The predicted molar refractivity (Wildman–Crippen MR) is 119 cm³/mol. The molecule has 142 valence electrons. The maximum absolute atomic E-state index is 11.7. The molecule has 4 rings (SSSR count). The summed E-state index contributed by atoms with van der Waals surface area (Å²) in [5, 5.41) is 4.74. The van der Waals surface area contributed by atoms with Crippen LogP contribution in [-0.2, 0) is 4.79 Å². The van der Waals surface area contributed by atoms with Crippen LogP contribution in [0.5, 0.6) is 0 Å². The van der Waals surface area contributed by atoms with Crippen LogP contribution < -0.4 is 5.32 Å². The number of nitrogens with one attached hydrogen (secondary N) is 1. The van der Waals surface area contributed by atoms with Gasteiger partial charge >= 0.3 is 0 Å². The van der Waals surface area contributed by atoms with E-state index in [1.807, 2.05) is 36.4 Å². The highest BCUT2D eigenvalue weighted by Gasteiger charge is 2.19. The van der Waals surface area contributed by atoms with E-state index >= 15 is 0 Å². The number of carbonyl (C=O) groups excluding carboxylic acids is 1. The molecule has 2 aromatic carbocycles. The summed E-state index contributed by atoms with van der Waals surface area (Å²) >= 11 is 5.98. The Labute approximate surface area is 170 Å². The van der Waals surface area contributed by atoms with Crippen LogP contribution in [0.3, 0.4) is 0 Å². The zero-order valence-corrected chi connectivity index (χ0v) is 16.5. The average molecular weight is 391 g/mol. The van der Waals surface area contributed by atoms with Crippen molar-refractivity contribution in [2.75, 3.05) is 5.32 Å². The quantitative estimate of drug-likeness (QED) is 0.483. The van der Waals surface area contributed by atoms with Crippen molar-refractivity contribution in [1.82, 2.24) is 4.57 Å². The van der Waals surface area contributed by atoms with Gasteiger partial charge in [0.2, 0.25) is 5.91 Å². The van der Waals surface area contributed by atoms with E-state index in [4.69, 9.17) is 11.6 Å². The summed E-state index contributed by atoms with van der Waals surface area (Å²) in [6, 6.07) is 14.5. The van der Waals surface area contributed by atoms with E-state index in [-0.39, 0.29) is 5.91 Å². The van der Waals surface area contributed by atoms with Crippen molar-refractivity contribution in [3.05, 3.63) is 77.5 Å². The van der Waals surface area contributed by atoms with Gasteiger partial charge in [0.15, 0.2) is 0 Å². The van der Waals surface area contributed by atoms with Gasteiger partial charge in [0.1, 0.15) is 0 Å². The minimum absolute atomic E-state index is 0.201. The van der Waals surface area contributed by atoms with Gasteiger partial charge in [0.25, 0.3) is 0 Å². The zero-order chi connectivity index (χ0) is 19.5. The highest BCUT2D eigenvalue weighted by Crippen LogP contribution is 2.36. The predicted octanol–water partition coefficient (Wildman–Crippen LogP) is 6.70. The Morgan fingerprint density at radius 1 is 1.11 bits per heavy atom. The molecule has 0 bridgehead atoms. The summed E-state index contributed by atoms with van der Waals surface area (Å²) < 4.78 is 2.41. The Balaban J connectivity index is 1.75. The van der Waals surface area contributed by atoms with Crippen molar-refractivity contribution < 1.29 is 4.79 Å². The summed E-state index contributed by atoms with van der Waals surface area (Å²) in [5.41, 5.74) is 4.23. The van der Waals surface area contributed by atoms with Crippen LogP contribution in [0.4, 0.5) is 5.69 Å². The molecule has 1 fully saturated rings. The molecule has 1 aliphatic carbocycles. The lowest BCUT2D eigenvalue weighted by Gasteiger charge is -2.13. The first-order chi connectivity index (χ1) is 13.6. The van der Waals surface area contributed by atoms with E-state index in [2.05, 4.69) is 40.9 Å². The standard InChI is InChI=1S/C24H23ClN2O/c1-2-24(28)26-20-13-14-23-22(15-20)18(16-27(23)21-5-3-4-6-21)10-7-17-8-11-19(25)12-9-17/h2,7-16,21H,1,3-6H2,(H,26,28). The molecule has 4 heteroatoms. The molecular formula is C24H23ClN2O. The number of carbonyl (C=O) groups is 1. The Morgan fingerprint density at radius 2 is 1.86 bits per heavy atom. The third-order valence-corrected chi connectivity index (χ3v) is 5.61. The summed E-state index contributed by atoms with van der Waals surface area (Å²) in [6.07, 6.45) is 12.8. The number of hydrogen-bond acceptors (Lipinski definition) is 1. The van der Waals surface area contributed by atoms with Gasteiger partial charge < -0.3 is 9.88 Å².